The van der Waals surface area contributed by atoms with Crippen LogP contribution in [0.5, 0.6) is 0 Å². The van der Waals surface area contributed by atoms with Crippen LogP contribution in [-0.2, 0) is 10.4 Å². The Kier molecular flexibility index (Phi) is 2.76. The lowest BCUT2D eigenvalue weighted by Gasteiger charge is -2.16. The molecule has 1 atom stereocenters. The molecule has 2 aromatic rings. The number of aliphatic hydroxyl groups is 1. The summed E-state index contributed by atoms with van der Waals surface area (Å²) in [5.41, 5.74) is 5.74. The highest BCUT2D eigenvalue weighted by molar-refractivity contribution is 5.88. The summed E-state index contributed by atoms with van der Waals surface area (Å²) >= 11 is 0. The highest BCUT2D eigenvalue weighted by Gasteiger charge is 2.47. The molecule has 1 aliphatic rings. The molecule has 1 saturated heterocycles. The monoisotopic (exact) mass is 273 g/mol. The summed E-state index contributed by atoms with van der Waals surface area (Å²) in [5.74, 6) is 0.119. The van der Waals surface area contributed by atoms with E-state index in [1.807, 2.05) is 6.07 Å². The van der Waals surface area contributed by atoms with Crippen LogP contribution in [0.3, 0.4) is 0 Å². The fourth-order valence-electron chi connectivity index (χ4n) is 2.39. The maximum absolute atomic E-state index is 12.0. The van der Waals surface area contributed by atoms with E-state index < -0.39 is 5.60 Å². The number of anilines is 1. The Balaban J connectivity index is 1.97. The van der Waals surface area contributed by atoms with E-state index in [0.29, 0.717) is 24.4 Å². The molecule has 3 N–H and O–H groups in total. The van der Waals surface area contributed by atoms with Crippen molar-refractivity contribution >= 4 is 11.6 Å². The van der Waals surface area contributed by atoms with Crippen molar-refractivity contribution in [1.29, 1.82) is 0 Å². The molecule has 0 saturated carbocycles. The first kappa shape index (κ1) is 12.7. The zero-order valence-electron chi connectivity index (χ0n) is 11.0. The van der Waals surface area contributed by atoms with Crippen molar-refractivity contribution in [3.05, 3.63) is 36.0 Å². The largest absolute Gasteiger partial charge is 0.399 e. The quantitative estimate of drug-likeness (QED) is 0.795. The minimum absolute atomic E-state index is 0.240. The molecule has 3 rings (SSSR count). The van der Waals surface area contributed by atoms with E-state index in [0.717, 1.165) is 5.56 Å². The second kappa shape index (κ2) is 4.35. The first-order chi connectivity index (χ1) is 9.50. The van der Waals surface area contributed by atoms with Crippen LogP contribution in [0.15, 0.2) is 34.9 Å². The third-order valence-electron chi connectivity index (χ3n) is 3.61. The number of amides is 1. The average Bonchev–Trinajstić information content (AvgIpc) is 3.02. The van der Waals surface area contributed by atoms with Crippen LogP contribution in [0, 0.1) is 0 Å². The lowest BCUT2D eigenvalue weighted by Crippen LogP contribution is -2.36. The van der Waals surface area contributed by atoms with Crippen molar-refractivity contribution < 1.29 is 14.4 Å². The van der Waals surface area contributed by atoms with E-state index in [1.165, 1.54) is 4.90 Å². The minimum Gasteiger partial charge on any atom is -0.399 e. The highest BCUT2D eigenvalue weighted by atomic mass is 16.5. The average molecular weight is 273 g/mol. The number of nitrogen functional groups attached to an aromatic ring is 1. The van der Waals surface area contributed by atoms with Crippen molar-refractivity contribution in [1.82, 2.24) is 10.1 Å². The van der Waals surface area contributed by atoms with E-state index >= 15 is 0 Å². The number of hydrogen-bond acceptors (Lipinski definition) is 5. The minimum atomic E-state index is -1.59. The van der Waals surface area contributed by atoms with Crippen molar-refractivity contribution in [3.63, 3.8) is 0 Å². The maximum Gasteiger partial charge on any atom is 0.260 e. The fourth-order valence-corrected chi connectivity index (χ4v) is 2.39. The molecule has 2 heterocycles. The molecule has 1 aromatic carbocycles. The second-order valence-electron chi connectivity index (χ2n) is 5.04. The van der Waals surface area contributed by atoms with Gasteiger partial charge in [0.25, 0.3) is 5.91 Å². The van der Waals surface area contributed by atoms with Gasteiger partial charge in [0.1, 0.15) is 5.69 Å². The van der Waals surface area contributed by atoms with Crippen LogP contribution >= 0.6 is 0 Å². The van der Waals surface area contributed by atoms with Gasteiger partial charge in [0, 0.05) is 37.3 Å². The van der Waals surface area contributed by atoms with Crippen molar-refractivity contribution in [3.8, 4) is 11.3 Å². The van der Waals surface area contributed by atoms with Gasteiger partial charge in [-0.15, -0.1) is 0 Å². The first-order valence-corrected chi connectivity index (χ1v) is 6.32. The Labute approximate surface area is 115 Å². The predicted octanol–water partition coefficient (Wildman–Crippen LogP) is 0.974. The molecule has 1 fully saturated rings. The number of aromatic nitrogens is 1. The third kappa shape index (κ3) is 1.85. The summed E-state index contributed by atoms with van der Waals surface area (Å²) in [6.07, 6.45) is 0.311. The molecule has 6 nitrogen and oxygen atoms in total. The molecule has 1 unspecified atom stereocenters. The van der Waals surface area contributed by atoms with Gasteiger partial charge in [-0.3, -0.25) is 4.79 Å². The van der Waals surface area contributed by atoms with Crippen LogP contribution in [0.1, 0.15) is 12.1 Å². The number of carbonyl (C=O) groups is 1. The molecule has 0 radical (unpaired) electrons. The third-order valence-corrected chi connectivity index (χ3v) is 3.61. The van der Waals surface area contributed by atoms with Gasteiger partial charge in [0.15, 0.2) is 11.4 Å². The molecule has 0 aliphatic carbocycles. The fraction of sp³-hybridized carbons (Fsp3) is 0.286. The van der Waals surface area contributed by atoms with Crippen LogP contribution in [0.4, 0.5) is 5.69 Å². The summed E-state index contributed by atoms with van der Waals surface area (Å²) < 4.78 is 5.23. The number of carbonyl (C=O) groups excluding carboxylic acids is 1. The lowest BCUT2D eigenvalue weighted by molar-refractivity contribution is -0.143. The molecular formula is C14H15N3O3. The normalized spacial score (nSPS) is 22.5. The summed E-state index contributed by atoms with van der Waals surface area (Å²) in [4.78, 5) is 13.5. The van der Waals surface area contributed by atoms with Gasteiger partial charge in [-0.2, -0.15) is 0 Å². The van der Waals surface area contributed by atoms with Crippen molar-refractivity contribution in [2.24, 2.45) is 0 Å². The van der Waals surface area contributed by atoms with Crippen LogP contribution in [0.25, 0.3) is 11.3 Å². The van der Waals surface area contributed by atoms with Gasteiger partial charge in [-0.25, -0.2) is 0 Å². The van der Waals surface area contributed by atoms with Gasteiger partial charge in [0.2, 0.25) is 0 Å². The van der Waals surface area contributed by atoms with E-state index in [4.69, 9.17) is 10.3 Å². The lowest BCUT2D eigenvalue weighted by atomic mass is 9.97. The van der Waals surface area contributed by atoms with Crippen LogP contribution < -0.4 is 5.73 Å². The number of likely N-dealkylation sites (tertiary alicyclic amines) is 1. The predicted molar refractivity (Wildman–Crippen MR) is 72.5 cm³/mol. The first-order valence-electron chi connectivity index (χ1n) is 6.32. The maximum atomic E-state index is 12.0. The van der Waals surface area contributed by atoms with Gasteiger partial charge >= 0.3 is 0 Å². The molecule has 1 aliphatic heterocycles. The van der Waals surface area contributed by atoms with Gasteiger partial charge in [-0.1, -0.05) is 17.3 Å². The van der Waals surface area contributed by atoms with E-state index in [1.54, 1.807) is 31.3 Å². The molecule has 1 aromatic heterocycles. The number of rotatable bonds is 2. The van der Waals surface area contributed by atoms with E-state index in [-0.39, 0.29) is 11.6 Å². The van der Waals surface area contributed by atoms with Gasteiger partial charge < -0.3 is 20.3 Å². The standard InChI is InChI=1S/C14H15N3O3/c1-17-6-5-14(19,13(17)18)12-8-11(20-16-12)9-3-2-4-10(15)7-9/h2-4,7-8,19H,5-6,15H2,1H3. The Hall–Kier alpha value is -2.34. The Bertz CT molecular complexity index is 667. The molecule has 1 amide bonds. The highest BCUT2D eigenvalue weighted by Crippen LogP contribution is 2.34. The van der Waals surface area contributed by atoms with Crippen LogP contribution in [0.2, 0.25) is 0 Å². The summed E-state index contributed by atoms with van der Waals surface area (Å²) in [5, 5.41) is 14.3. The van der Waals surface area contributed by atoms with Gasteiger partial charge in [0.05, 0.1) is 0 Å². The Morgan fingerprint density at radius 3 is 2.90 bits per heavy atom. The second-order valence-corrected chi connectivity index (χ2v) is 5.04. The number of benzene rings is 1. The topological polar surface area (TPSA) is 92.6 Å². The number of nitrogens with zero attached hydrogens (tertiary/aromatic N) is 2. The Morgan fingerprint density at radius 2 is 2.25 bits per heavy atom. The zero-order valence-corrected chi connectivity index (χ0v) is 11.0. The molecule has 20 heavy (non-hydrogen) atoms. The summed E-state index contributed by atoms with van der Waals surface area (Å²) in [6, 6.07) is 8.73. The smallest absolute Gasteiger partial charge is 0.260 e. The summed E-state index contributed by atoms with van der Waals surface area (Å²) in [6.45, 7) is 0.496. The number of hydrogen-bond donors (Lipinski definition) is 2. The van der Waals surface area contributed by atoms with Gasteiger partial charge in [-0.05, 0) is 12.1 Å². The molecule has 6 heteroatoms. The molecule has 0 spiro atoms. The van der Waals surface area contributed by atoms with Crippen molar-refractivity contribution in [2.75, 3.05) is 19.3 Å². The number of likely N-dealkylation sites (N-methyl/N-ethyl adjacent to an activating group) is 1. The molecule has 0 bridgehead atoms. The van der Waals surface area contributed by atoms with Crippen molar-refractivity contribution in [2.45, 2.75) is 12.0 Å². The Morgan fingerprint density at radius 1 is 1.45 bits per heavy atom. The number of nitrogens with two attached hydrogens (primary N) is 1. The SMILES string of the molecule is CN1CCC(O)(c2cc(-c3cccc(N)c3)on2)C1=O. The van der Waals surface area contributed by atoms with E-state index in [9.17, 15) is 9.90 Å². The summed E-state index contributed by atoms with van der Waals surface area (Å²) in [7, 11) is 1.65. The van der Waals surface area contributed by atoms with Crippen LogP contribution in [-0.4, -0.2) is 34.7 Å². The molecule has 104 valence electrons. The van der Waals surface area contributed by atoms with E-state index in [2.05, 4.69) is 5.16 Å². The zero-order chi connectivity index (χ0) is 14.3. The molecular weight excluding hydrogens is 258 g/mol.